The number of hydrogen-bond donors (Lipinski definition) is 1. The Morgan fingerprint density at radius 1 is 1.13 bits per heavy atom. The van der Waals surface area contributed by atoms with Crippen molar-refractivity contribution < 1.29 is 19.3 Å². The highest BCUT2D eigenvalue weighted by atomic mass is 16.5. The minimum atomic E-state index is -0.558. The summed E-state index contributed by atoms with van der Waals surface area (Å²) in [5, 5.41) is 10.2. The summed E-state index contributed by atoms with van der Waals surface area (Å²) in [5.41, 5.74) is 2.00. The van der Waals surface area contributed by atoms with E-state index in [0.29, 0.717) is 23.7 Å². The van der Waals surface area contributed by atoms with E-state index in [9.17, 15) is 5.11 Å². The number of fused-ring (bicyclic) bond motifs is 1. The Bertz CT molecular complexity index is 900. The zero-order valence-corrected chi connectivity index (χ0v) is 18.6. The molecule has 0 amide bonds. The van der Waals surface area contributed by atoms with Crippen LogP contribution in [-0.4, -0.2) is 49.0 Å². The first kappa shape index (κ1) is 22.0. The van der Waals surface area contributed by atoms with Crippen molar-refractivity contribution in [2.24, 2.45) is 0 Å². The third-order valence-electron chi connectivity index (χ3n) is 5.52. The van der Waals surface area contributed by atoms with E-state index in [1.54, 1.807) is 13.2 Å². The summed E-state index contributed by atoms with van der Waals surface area (Å²) < 4.78 is 17.8. The number of hydrogen-bond acceptors (Lipinski definition) is 5. The van der Waals surface area contributed by atoms with E-state index < -0.39 is 5.60 Å². The van der Waals surface area contributed by atoms with Crippen molar-refractivity contribution in [3.63, 3.8) is 0 Å². The van der Waals surface area contributed by atoms with Gasteiger partial charge in [-0.15, -0.1) is 0 Å². The van der Waals surface area contributed by atoms with Crippen molar-refractivity contribution in [3.05, 3.63) is 47.5 Å². The highest BCUT2D eigenvalue weighted by Crippen LogP contribution is 2.44. The summed E-state index contributed by atoms with van der Waals surface area (Å²) in [6.45, 7) is 12.1. The Morgan fingerprint density at radius 3 is 2.60 bits per heavy atom. The zero-order chi connectivity index (χ0) is 21.7. The predicted octanol–water partition coefficient (Wildman–Crippen LogP) is 5.02. The smallest absolute Gasteiger partial charge is 0.161 e. The maximum atomic E-state index is 10.2. The molecule has 0 saturated carbocycles. The van der Waals surface area contributed by atoms with Crippen molar-refractivity contribution in [1.29, 1.82) is 0 Å². The average molecular weight is 411 g/mol. The summed E-state index contributed by atoms with van der Waals surface area (Å²) in [6, 6.07) is 12.2. The Balaban J connectivity index is 1.81. The number of methoxy groups -OCH3 is 1. The number of phenols is 1. The van der Waals surface area contributed by atoms with Gasteiger partial charge in [-0.05, 0) is 69.3 Å². The first-order valence-electron chi connectivity index (χ1n) is 10.6. The Labute approximate surface area is 179 Å². The second-order valence-electron chi connectivity index (χ2n) is 7.87. The highest BCUT2D eigenvalue weighted by molar-refractivity contribution is 5.91. The molecule has 0 aromatic heterocycles. The van der Waals surface area contributed by atoms with Crippen molar-refractivity contribution in [2.75, 3.05) is 33.4 Å². The van der Waals surface area contributed by atoms with Crippen LogP contribution in [-0.2, 0) is 0 Å². The molecule has 0 spiro atoms. The molecular weight excluding hydrogens is 378 g/mol. The fourth-order valence-electron chi connectivity index (χ4n) is 3.75. The van der Waals surface area contributed by atoms with Gasteiger partial charge in [0.2, 0.25) is 0 Å². The van der Waals surface area contributed by atoms with Crippen molar-refractivity contribution in [2.45, 2.75) is 39.7 Å². The van der Waals surface area contributed by atoms with E-state index in [1.807, 2.05) is 44.2 Å². The molecule has 5 nitrogen and oxygen atoms in total. The fraction of sp³-hybridized carbons (Fsp3) is 0.440. The lowest BCUT2D eigenvalue weighted by Crippen LogP contribution is -2.32. The van der Waals surface area contributed by atoms with Gasteiger partial charge in [0.15, 0.2) is 11.5 Å². The topological polar surface area (TPSA) is 51.2 Å². The molecule has 1 N–H and O–H groups in total. The zero-order valence-electron chi connectivity index (χ0n) is 18.6. The first-order chi connectivity index (χ1) is 14.4. The normalized spacial score (nSPS) is 14.7. The van der Waals surface area contributed by atoms with Crippen LogP contribution in [0, 0.1) is 6.07 Å². The molecule has 1 aliphatic heterocycles. The van der Waals surface area contributed by atoms with E-state index >= 15 is 0 Å². The predicted molar refractivity (Wildman–Crippen MR) is 120 cm³/mol. The van der Waals surface area contributed by atoms with Crippen molar-refractivity contribution in [1.82, 2.24) is 4.90 Å². The second kappa shape index (κ2) is 9.43. The lowest BCUT2D eigenvalue weighted by atomic mass is 9.86. The lowest BCUT2D eigenvalue weighted by Gasteiger charge is -2.34. The molecule has 30 heavy (non-hydrogen) atoms. The van der Waals surface area contributed by atoms with Gasteiger partial charge in [-0.2, -0.15) is 0 Å². The number of aromatic hydroxyl groups is 1. The molecule has 0 bridgehead atoms. The van der Waals surface area contributed by atoms with Crippen LogP contribution in [0.1, 0.15) is 45.2 Å². The molecular formula is C25H32NO4. The molecule has 0 saturated heterocycles. The molecule has 2 aromatic carbocycles. The minimum Gasteiger partial charge on any atom is -0.507 e. The number of phenolic OH excluding ortho intramolecular Hbond substituents is 1. The molecule has 0 aliphatic carbocycles. The maximum absolute atomic E-state index is 10.2. The van der Waals surface area contributed by atoms with Crippen LogP contribution >= 0.6 is 0 Å². The summed E-state index contributed by atoms with van der Waals surface area (Å²) in [6.07, 6.45) is 2.93. The number of benzene rings is 2. The maximum Gasteiger partial charge on any atom is 0.161 e. The van der Waals surface area contributed by atoms with E-state index in [2.05, 4.69) is 24.8 Å². The van der Waals surface area contributed by atoms with Gasteiger partial charge in [0, 0.05) is 18.2 Å². The standard InChI is InChI=1S/C25H32NO4/c1-6-26(7-2)14-9-15-29-23-13-12-18(16-24(23)28-5)20-17-19-21(27)10-8-11-22(19)30-25(20,3)4/h8,11-13,16-17,27H,6-7,9,14-15H2,1-5H3. The average Bonchev–Trinajstić information content (AvgIpc) is 2.73. The van der Waals surface area contributed by atoms with E-state index in [0.717, 1.165) is 42.9 Å². The minimum absolute atomic E-state index is 0.0839. The number of rotatable bonds is 9. The summed E-state index contributed by atoms with van der Waals surface area (Å²) >= 11 is 0. The molecule has 2 aromatic rings. The van der Waals surface area contributed by atoms with Crippen LogP contribution < -0.4 is 14.2 Å². The van der Waals surface area contributed by atoms with Gasteiger partial charge in [-0.3, -0.25) is 0 Å². The monoisotopic (exact) mass is 410 g/mol. The van der Waals surface area contributed by atoms with Gasteiger partial charge >= 0.3 is 0 Å². The largest absolute Gasteiger partial charge is 0.507 e. The van der Waals surface area contributed by atoms with Crippen LogP contribution in [0.15, 0.2) is 30.3 Å². The molecule has 0 atom stereocenters. The van der Waals surface area contributed by atoms with Gasteiger partial charge in [0.25, 0.3) is 0 Å². The summed E-state index contributed by atoms with van der Waals surface area (Å²) in [7, 11) is 1.65. The number of nitrogens with zero attached hydrogens (tertiary/aromatic N) is 1. The third kappa shape index (κ3) is 4.73. The van der Waals surface area contributed by atoms with Gasteiger partial charge in [-0.25, -0.2) is 0 Å². The van der Waals surface area contributed by atoms with Gasteiger partial charge in [0.1, 0.15) is 17.1 Å². The van der Waals surface area contributed by atoms with Crippen LogP contribution in [0.2, 0.25) is 0 Å². The Kier molecular flexibility index (Phi) is 6.93. The quantitative estimate of drug-likeness (QED) is 0.588. The van der Waals surface area contributed by atoms with Gasteiger partial charge in [0.05, 0.1) is 19.3 Å². The molecule has 0 fully saturated rings. The molecule has 0 unspecified atom stereocenters. The molecule has 1 heterocycles. The SMILES string of the molecule is CCN(CC)CCCOc1ccc(C2=Cc3c(O)[c]ccc3OC2(C)C)cc1OC. The molecule has 5 heteroatoms. The Hall–Kier alpha value is -2.66. The lowest BCUT2D eigenvalue weighted by molar-refractivity contribution is 0.169. The molecule has 1 aliphatic rings. The van der Waals surface area contributed by atoms with Crippen LogP contribution in [0.5, 0.6) is 23.0 Å². The van der Waals surface area contributed by atoms with E-state index in [-0.39, 0.29) is 5.75 Å². The van der Waals surface area contributed by atoms with Crippen LogP contribution in [0.25, 0.3) is 11.6 Å². The van der Waals surface area contributed by atoms with Gasteiger partial charge in [-0.1, -0.05) is 19.9 Å². The number of ether oxygens (including phenoxy) is 3. The first-order valence-corrected chi connectivity index (χ1v) is 10.6. The van der Waals surface area contributed by atoms with Crippen molar-refractivity contribution >= 4 is 11.6 Å². The summed E-state index contributed by atoms with van der Waals surface area (Å²) in [4.78, 5) is 2.38. The molecule has 1 radical (unpaired) electrons. The van der Waals surface area contributed by atoms with Gasteiger partial charge < -0.3 is 24.2 Å². The Morgan fingerprint density at radius 2 is 1.90 bits per heavy atom. The van der Waals surface area contributed by atoms with Crippen LogP contribution in [0.3, 0.4) is 0 Å². The van der Waals surface area contributed by atoms with E-state index in [1.165, 1.54) is 0 Å². The highest BCUT2D eigenvalue weighted by Gasteiger charge is 2.32. The van der Waals surface area contributed by atoms with Crippen molar-refractivity contribution in [3.8, 4) is 23.0 Å². The summed E-state index contributed by atoms with van der Waals surface area (Å²) in [5.74, 6) is 2.15. The van der Waals surface area contributed by atoms with E-state index in [4.69, 9.17) is 14.2 Å². The second-order valence-corrected chi connectivity index (χ2v) is 7.87. The molecule has 161 valence electrons. The third-order valence-corrected chi connectivity index (χ3v) is 5.52. The molecule has 3 rings (SSSR count). The van der Waals surface area contributed by atoms with Crippen LogP contribution in [0.4, 0.5) is 0 Å². The fourth-order valence-corrected chi connectivity index (χ4v) is 3.75.